The van der Waals surface area contributed by atoms with Crippen LogP contribution in [0, 0.1) is 12.8 Å². The molecule has 0 radical (unpaired) electrons. The van der Waals surface area contributed by atoms with Crippen molar-refractivity contribution in [1.82, 2.24) is 5.32 Å². The van der Waals surface area contributed by atoms with Gasteiger partial charge >= 0.3 is 0 Å². The summed E-state index contributed by atoms with van der Waals surface area (Å²) in [5, 5.41) is 3.51. The number of benzene rings is 1. The lowest BCUT2D eigenvalue weighted by Gasteiger charge is -2.27. The van der Waals surface area contributed by atoms with E-state index >= 15 is 0 Å². The van der Waals surface area contributed by atoms with Crippen LogP contribution in [0.3, 0.4) is 0 Å². The zero-order chi connectivity index (χ0) is 12.1. The van der Waals surface area contributed by atoms with Crippen LogP contribution in [0.5, 0.6) is 0 Å². The maximum atomic E-state index is 3.51. The van der Waals surface area contributed by atoms with Gasteiger partial charge in [-0.2, -0.15) is 0 Å². The first-order valence-electron chi connectivity index (χ1n) is 7.04. The molecule has 1 unspecified atom stereocenters. The van der Waals surface area contributed by atoms with Gasteiger partial charge in [0, 0.05) is 6.04 Å². The van der Waals surface area contributed by atoms with Crippen molar-refractivity contribution in [2.75, 3.05) is 7.05 Å². The third-order valence-corrected chi connectivity index (χ3v) is 4.21. The topological polar surface area (TPSA) is 12.0 Å². The molecule has 0 heterocycles. The minimum atomic E-state index is 0.541. The van der Waals surface area contributed by atoms with Crippen molar-refractivity contribution in [3.63, 3.8) is 0 Å². The average molecular weight is 231 g/mol. The van der Waals surface area contributed by atoms with Gasteiger partial charge in [-0.3, -0.25) is 0 Å². The smallest absolute Gasteiger partial charge is 0.0322 e. The molecule has 1 aliphatic carbocycles. The molecule has 0 aliphatic heterocycles. The summed E-state index contributed by atoms with van der Waals surface area (Å²) in [6, 6.07) is 9.33. The number of rotatable bonds is 4. The largest absolute Gasteiger partial charge is 0.313 e. The number of hydrogen-bond donors (Lipinski definition) is 1. The minimum absolute atomic E-state index is 0.541. The maximum absolute atomic E-state index is 3.51. The predicted molar refractivity (Wildman–Crippen MR) is 74.2 cm³/mol. The number of aryl methyl sites for hydroxylation is 1. The van der Waals surface area contributed by atoms with Crippen LogP contribution in [0.4, 0.5) is 0 Å². The van der Waals surface area contributed by atoms with E-state index < -0.39 is 0 Å². The molecule has 0 amide bonds. The second kappa shape index (κ2) is 6.20. The van der Waals surface area contributed by atoms with Crippen molar-refractivity contribution < 1.29 is 0 Å². The van der Waals surface area contributed by atoms with Crippen LogP contribution in [0.15, 0.2) is 24.3 Å². The molecule has 1 heteroatoms. The first-order chi connectivity index (χ1) is 8.31. The molecule has 1 nitrogen and oxygen atoms in total. The Balaban J connectivity index is 2.03. The fourth-order valence-electron chi connectivity index (χ4n) is 3.13. The predicted octanol–water partition coefficient (Wildman–Crippen LogP) is 4.23. The van der Waals surface area contributed by atoms with Crippen molar-refractivity contribution >= 4 is 0 Å². The Morgan fingerprint density at radius 2 is 1.88 bits per heavy atom. The Morgan fingerprint density at radius 1 is 1.18 bits per heavy atom. The molecule has 0 aromatic heterocycles. The number of hydrogen-bond acceptors (Lipinski definition) is 1. The lowest BCUT2D eigenvalue weighted by molar-refractivity contribution is 0.305. The van der Waals surface area contributed by atoms with E-state index in [-0.39, 0.29) is 0 Å². The molecule has 1 aliphatic rings. The first kappa shape index (κ1) is 12.6. The van der Waals surface area contributed by atoms with Crippen molar-refractivity contribution in [3.05, 3.63) is 35.4 Å². The molecular formula is C16H25N. The van der Waals surface area contributed by atoms with Gasteiger partial charge in [-0.1, -0.05) is 56.4 Å². The summed E-state index contributed by atoms with van der Waals surface area (Å²) < 4.78 is 0. The quantitative estimate of drug-likeness (QED) is 0.818. The van der Waals surface area contributed by atoms with Gasteiger partial charge in [0.15, 0.2) is 0 Å². The van der Waals surface area contributed by atoms with E-state index in [2.05, 4.69) is 43.6 Å². The molecule has 1 saturated carbocycles. The van der Waals surface area contributed by atoms with E-state index in [9.17, 15) is 0 Å². The standard InChI is InChI=1S/C16H25N/c1-13-8-6-7-11-15(13)16(17-2)12-14-9-4-3-5-10-14/h6-8,11,14,16-17H,3-5,9-10,12H2,1-2H3. The van der Waals surface area contributed by atoms with E-state index in [4.69, 9.17) is 0 Å². The highest BCUT2D eigenvalue weighted by Gasteiger charge is 2.19. The van der Waals surface area contributed by atoms with Crippen LogP contribution in [0.2, 0.25) is 0 Å². The van der Waals surface area contributed by atoms with Crippen LogP contribution >= 0.6 is 0 Å². The molecule has 17 heavy (non-hydrogen) atoms. The molecule has 1 atom stereocenters. The van der Waals surface area contributed by atoms with Crippen molar-refractivity contribution in [2.24, 2.45) is 5.92 Å². The summed E-state index contributed by atoms with van der Waals surface area (Å²) in [5.74, 6) is 0.931. The molecule has 1 aromatic carbocycles. The second-order valence-electron chi connectivity index (χ2n) is 5.44. The Morgan fingerprint density at radius 3 is 2.53 bits per heavy atom. The molecule has 2 rings (SSSR count). The fourth-order valence-corrected chi connectivity index (χ4v) is 3.13. The molecule has 0 spiro atoms. The van der Waals surface area contributed by atoms with Crippen LogP contribution in [0.1, 0.15) is 55.7 Å². The fraction of sp³-hybridized carbons (Fsp3) is 0.625. The van der Waals surface area contributed by atoms with E-state index in [1.807, 2.05) is 0 Å². The summed E-state index contributed by atoms with van der Waals surface area (Å²) >= 11 is 0. The van der Waals surface area contributed by atoms with E-state index in [0.717, 1.165) is 5.92 Å². The summed E-state index contributed by atoms with van der Waals surface area (Å²) in [6.07, 6.45) is 8.50. The zero-order valence-electron chi connectivity index (χ0n) is 11.2. The Kier molecular flexibility index (Phi) is 4.61. The molecule has 94 valence electrons. The summed E-state index contributed by atoms with van der Waals surface area (Å²) in [7, 11) is 2.10. The molecular weight excluding hydrogens is 206 g/mol. The third kappa shape index (κ3) is 3.32. The lowest BCUT2D eigenvalue weighted by atomic mass is 9.83. The van der Waals surface area contributed by atoms with Gasteiger partial charge in [-0.25, -0.2) is 0 Å². The normalized spacial score (nSPS) is 19.2. The summed E-state index contributed by atoms with van der Waals surface area (Å²) in [4.78, 5) is 0. The number of nitrogens with one attached hydrogen (secondary N) is 1. The van der Waals surface area contributed by atoms with E-state index in [1.165, 1.54) is 49.7 Å². The highest BCUT2D eigenvalue weighted by Crippen LogP contribution is 2.32. The van der Waals surface area contributed by atoms with Gasteiger partial charge < -0.3 is 5.32 Å². The monoisotopic (exact) mass is 231 g/mol. The van der Waals surface area contributed by atoms with Crippen LogP contribution in [0.25, 0.3) is 0 Å². The zero-order valence-corrected chi connectivity index (χ0v) is 11.2. The molecule has 1 aromatic rings. The molecule has 1 N–H and O–H groups in total. The highest BCUT2D eigenvalue weighted by atomic mass is 14.9. The van der Waals surface area contributed by atoms with Crippen molar-refractivity contribution in [1.29, 1.82) is 0 Å². The van der Waals surface area contributed by atoms with Gasteiger partial charge in [-0.05, 0) is 37.4 Å². The minimum Gasteiger partial charge on any atom is -0.313 e. The van der Waals surface area contributed by atoms with Gasteiger partial charge in [-0.15, -0.1) is 0 Å². The Labute approximate surface area is 106 Å². The maximum Gasteiger partial charge on any atom is 0.0322 e. The molecule has 0 saturated heterocycles. The lowest BCUT2D eigenvalue weighted by Crippen LogP contribution is -2.21. The SMILES string of the molecule is CNC(CC1CCCCC1)c1ccccc1C. The van der Waals surface area contributed by atoms with Crippen LogP contribution in [-0.4, -0.2) is 7.05 Å². The van der Waals surface area contributed by atoms with Gasteiger partial charge in [0.1, 0.15) is 0 Å². The second-order valence-corrected chi connectivity index (χ2v) is 5.44. The van der Waals surface area contributed by atoms with Gasteiger partial charge in [0.2, 0.25) is 0 Å². The van der Waals surface area contributed by atoms with Crippen molar-refractivity contribution in [3.8, 4) is 0 Å². The summed E-state index contributed by atoms with van der Waals surface area (Å²) in [5.41, 5.74) is 2.91. The van der Waals surface area contributed by atoms with E-state index in [1.54, 1.807) is 0 Å². The third-order valence-electron chi connectivity index (χ3n) is 4.21. The molecule has 0 bridgehead atoms. The van der Waals surface area contributed by atoms with E-state index in [0.29, 0.717) is 6.04 Å². The van der Waals surface area contributed by atoms with Gasteiger partial charge in [0.05, 0.1) is 0 Å². The Bertz CT molecular complexity index is 339. The van der Waals surface area contributed by atoms with Crippen LogP contribution in [-0.2, 0) is 0 Å². The first-order valence-corrected chi connectivity index (χ1v) is 7.04. The Hall–Kier alpha value is -0.820. The van der Waals surface area contributed by atoms with Gasteiger partial charge in [0.25, 0.3) is 0 Å². The highest BCUT2D eigenvalue weighted by molar-refractivity contribution is 5.28. The van der Waals surface area contributed by atoms with Crippen molar-refractivity contribution in [2.45, 2.75) is 51.5 Å². The average Bonchev–Trinajstić information content (AvgIpc) is 2.38. The molecule has 1 fully saturated rings. The van der Waals surface area contributed by atoms with Crippen LogP contribution < -0.4 is 5.32 Å². The summed E-state index contributed by atoms with van der Waals surface area (Å²) in [6.45, 7) is 2.22.